The van der Waals surface area contributed by atoms with Crippen molar-refractivity contribution in [3.63, 3.8) is 0 Å². The molecule has 1 aliphatic rings. The van der Waals surface area contributed by atoms with Crippen LogP contribution in [0.3, 0.4) is 0 Å². The third-order valence-corrected chi connectivity index (χ3v) is 7.90. The first-order chi connectivity index (χ1) is 13.6. The number of carbonyl (C=O) groups excluding carboxylic acids is 1. The highest BCUT2D eigenvalue weighted by Gasteiger charge is 2.27. The summed E-state index contributed by atoms with van der Waals surface area (Å²) in [6.45, 7) is 1.03. The smallest absolute Gasteiger partial charge is 0.255 e. The van der Waals surface area contributed by atoms with Gasteiger partial charge in [0.2, 0.25) is 20.0 Å². The van der Waals surface area contributed by atoms with Crippen LogP contribution in [0.4, 0.5) is 11.4 Å². The zero-order valence-electron chi connectivity index (χ0n) is 16.2. The minimum Gasteiger partial charge on any atom is -0.322 e. The lowest BCUT2D eigenvalue weighted by atomic mass is 10.2. The summed E-state index contributed by atoms with van der Waals surface area (Å²) in [5.41, 5.74) is 1.14. The average Bonchev–Trinajstić information content (AvgIpc) is 3.22. The summed E-state index contributed by atoms with van der Waals surface area (Å²) < 4.78 is 51.0. The fourth-order valence-corrected chi connectivity index (χ4v) is 5.04. The first kappa shape index (κ1) is 21.3. The Hall–Kier alpha value is -2.43. The maximum absolute atomic E-state index is 12.6. The molecule has 1 saturated heterocycles. The molecule has 0 saturated carbocycles. The van der Waals surface area contributed by atoms with Gasteiger partial charge in [-0.05, 0) is 55.3 Å². The Morgan fingerprint density at radius 1 is 1.00 bits per heavy atom. The molecule has 2 aromatic carbocycles. The Morgan fingerprint density at radius 2 is 1.62 bits per heavy atom. The maximum atomic E-state index is 12.6. The molecule has 2 aromatic rings. The fourth-order valence-electron chi connectivity index (χ4n) is 3.03. The van der Waals surface area contributed by atoms with Crippen molar-refractivity contribution >= 4 is 37.3 Å². The molecule has 0 atom stereocenters. The van der Waals surface area contributed by atoms with Crippen LogP contribution in [-0.4, -0.2) is 53.4 Å². The van der Waals surface area contributed by atoms with Gasteiger partial charge in [0.25, 0.3) is 5.91 Å². The molecule has 1 fully saturated rings. The molecule has 0 aromatic heterocycles. The third-order valence-electron chi connectivity index (χ3n) is 4.78. The van der Waals surface area contributed by atoms with Gasteiger partial charge in [-0.2, -0.15) is 4.31 Å². The van der Waals surface area contributed by atoms with Gasteiger partial charge in [-0.1, -0.05) is 6.07 Å². The summed E-state index contributed by atoms with van der Waals surface area (Å²) in [5, 5.41) is 2.70. The lowest BCUT2D eigenvalue weighted by Crippen LogP contribution is -2.27. The average molecular weight is 438 g/mol. The van der Waals surface area contributed by atoms with E-state index in [9.17, 15) is 21.6 Å². The predicted octanol–water partition coefficient (Wildman–Crippen LogP) is 2.12. The Labute approximate surface area is 171 Å². The van der Waals surface area contributed by atoms with Gasteiger partial charge in [0.05, 0.1) is 16.8 Å². The van der Waals surface area contributed by atoms with Crippen LogP contribution < -0.4 is 9.62 Å². The van der Waals surface area contributed by atoms with Crippen LogP contribution in [0, 0.1) is 0 Å². The van der Waals surface area contributed by atoms with Crippen molar-refractivity contribution < 1.29 is 21.6 Å². The Balaban J connectivity index is 1.75. The minimum atomic E-state index is -3.53. The molecule has 1 N–H and O–H groups in total. The summed E-state index contributed by atoms with van der Waals surface area (Å²) in [5.74, 6) is -0.422. The summed E-state index contributed by atoms with van der Waals surface area (Å²) in [6.07, 6.45) is 2.80. The molecule has 156 valence electrons. The van der Waals surface area contributed by atoms with E-state index in [-0.39, 0.29) is 4.90 Å². The second-order valence-electron chi connectivity index (χ2n) is 6.87. The highest BCUT2D eigenvalue weighted by Crippen LogP contribution is 2.23. The van der Waals surface area contributed by atoms with E-state index in [1.165, 1.54) is 35.6 Å². The molecule has 3 rings (SSSR count). The third kappa shape index (κ3) is 4.77. The van der Waals surface area contributed by atoms with Crippen molar-refractivity contribution in [3.05, 3.63) is 54.1 Å². The zero-order chi connectivity index (χ0) is 21.2. The Bertz CT molecular complexity index is 1110. The molecular formula is C19H23N3O5S2. The van der Waals surface area contributed by atoms with Gasteiger partial charge in [-0.15, -0.1) is 0 Å². The normalized spacial score (nSPS) is 15.2. The number of rotatable bonds is 6. The summed E-state index contributed by atoms with van der Waals surface area (Å²) in [4.78, 5) is 12.7. The van der Waals surface area contributed by atoms with Crippen LogP contribution in [0.15, 0.2) is 53.4 Å². The van der Waals surface area contributed by atoms with Crippen molar-refractivity contribution in [2.75, 3.05) is 36.0 Å². The second kappa shape index (κ2) is 8.13. The Kier molecular flexibility index (Phi) is 5.97. The SMILES string of the molecule is CN(c1cccc(NC(=O)c2ccc(S(=O)(=O)N3CCCC3)cc2)c1)S(C)(=O)=O. The van der Waals surface area contributed by atoms with Gasteiger partial charge in [0.1, 0.15) is 0 Å². The quantitative estimate of drug-likeness (QED) is 0.746. The molecule has 29 heavy (non-hydrogen) atoms. The van der Waals surface area contributed by atoms with E-state index in [0.717, 1.165) is 23.4 Å². The standard InChI is InChI=1S/C19H23N3O5S2/c1-21(28(2,24)25)17-7-5-6-16(14-17)20-19(23)15-8-10-18(11-9-15)29(26,27)22-12-3-4-13-22/h5-11,14H,3-4,12-13H2,1-2H3,(H,20,23). The molecule has 0 radical (unpaired) electrons. The van der Waals surface area contributed by atoms with Crippen molar-refractivity contribution in [2.24, 2.45) is 0 Å². The zero-order valence-corrected chi connectivity index (χ0v) is 17.8. The van der Waals surface area contributed by atoms with Crippen LogP contribution >= 0.6 is 0 Å². The number of sulfonamides is 2. The largest absolute Gasteiger partial charge is 0.322 e. The van der Waals surface area contributed by atoms with Crippen molar-refractivity contribution in [2.45, 2.75) is 17.7 Å². The fraction of sp³-hybridized carbons (Fsp3) is 0.316. The molecule has 1 aliphatic heterocycles. The summed E-state index contributed by atoms with van der Waals surface area (Å²) in [6, 6.07) is 12.2. The van der Waals surface area contributed by atoms with Crippen LogP contribution in [0.1, 0.15) is 23.2 Å². The molecule has 8 nitrogen and oxygen atoms in total. The number of hydrogen-bond acceptors (Lipinski definition) is 5. The van der Waals surface area contributed by atoms with Gasteiger partial charge >= 0.3 is 0 Å². The predicted molar refractivity (Wildman–Crippen MR) is 112 cm³/mol. The number of carbonyl (C=O) groups is 1. The molecule has 1 heterocycles. The molecule has 10 heteroatoms. The summed E-state index contributed by atoms with van der Waals surface area (Å²) >= 11 is 0. The number of hydrogen-bond donors (Lipinski definition) is 1. The number of nitrogens with zero attached hydrogens (tertiary/aromatic N) is 2. The second-order valence-corrected chi connectivity index (χ2v) is 10.8. The van der Waals surface area contributed by atoms with Crippen molar-refractivity contribution in [3.8, 4) is 0 Å². The van der Waals surface area contributed by atoms with E-state index in [2.05, 4.69) is 5.32 Å². The molecular weight excluding hydrogens is 414 g/mol. The molecule has 0 bridgehead atoms. The lowest BCUT2D eigenvalue weighted by Gasteiger charge is -2.17. The maximum Gasteiger partial charge on any atom is 0.255 e. The summed E-state index contributed by atoms with van der Waals surface area (Å²) in [7, 11) is -5.52. The molecule has 0 aliphatic carbocycles. The van der Waals surface area contributed by atoms with Crippen LogP contribution in [0.25, 0.3) is 0 Å². The van der Waals surface area contributed by atoms with Crippen LogP contribution in [0.5, 0.6) is 0 Å². The van der Waals surface area contributed by atoms with E-state index >= 15 is 0 Å². The minimum absolute atomic E-state index is 0.160. The van der Waals surface area contributed by atoms with Gasteiger partial charge in [-0.25, -0.2) is 16.8 Å². The number of amides is 1. The van der Waals surface area contributed by atoms with E-state index in [1.807, 2.05) is 0 Å². The van der Waals surface area contributed by atoms with Gasteiger partial charge in [0.15, 0.2) is 0 Å². The van der Waals surface area contributed by atoms with Gasteiger partial charge in [0, 0.05) is 31.4 Å². The van der Waals surface area contributed by atoms with E-state index in [1.54, 1.807) is 24.3 Å². The highest BCUT2D eigenvalue weighted by atomic mass is 32.2. The monoisotopic (exact) mass is 437 g/mol. The first-order valence-corrected chi connectivity index (χ1v) is 12.3. The molecule has 0 spiro atoms. The lowest BCUT2D eigenvalue weighted by molar-refractivity contribution is 0.102. The topological polar surface area (TPSA) is 104 Å². The van der Waals surface area contributed by atoms with Crippen LogP contribution in [-0.2, 0) is 20.0 Å². The van der Waals surface area contributed by atoms with Gasteiger partial charge < -0.3 is 5.32 Å². The molecule has 1 amide bonds. The number of benzene rings is 2. The number of nitrogens with one attached hydrogen (secondary N) is 1. The van der Waals surface area contributed by atoms with Crippen molar-refractivity contribution in [1.29, 1.82) is 0 Å². The van der Waals surface area contributed by atoms with Gasteiger partial charge in [-0.3, -0.25) is 9.10 Å². The first-order valence-electron chi connectivity index (χ1n) is 9.04. The van der Waals surface area contributed by atoms with Crippen molar-refractivity contribution in [1.82, 2.24) is 4.31 Å². The Morgan fingerprint density at radius 3 is 2.21 bits per heavy atom. The van der Waals surface area contributed by atoms with Crippen LogP contribution in [0.2, 0.25) is 0 Å². The molecule has 0 unspecified atom stereocenters. The van der Waals surface area contributed by atoms with E-state index < -0.39 is 26.0 Å². The van der Waals surface area contributed by atoms with E-state index in [0.29, 0.717) is 30.0 Å². The highest BCUT2D eigenvalue weighted by molar-refractivity contribution is 7.92. The van der Waals surface area contributed by atoms with E-state index in [4.69, 9.17) is 0 Å². The number of anilines is 2.